The van der Waals surface area contributed by atoms with E-state index < -0.39 is 12.3 Å². The summed E-state index contributed by atoms with van der Waals surface area (Å²) in [5.74, 6) is -1.17. The summed E-state index contributed by atoms with van der Waals surface area (Å²) in [4.78, 5) is 13.0. The number of nitrogens with zero attached hydrogens (tertiary/aromatic N) is 1. The lowest BCUT2D eigenvalue weighted by Crippen LogP contribution is -2.40. The molecular formula is C13H16F2N2O. The number of halogens is 2. The van der Waals surface area contributed by atoms with Crippen molar-refractivity contribution in [3.63, 3.8) is 0 Å². The topological polar surface area (TPSA) is 32.3 Å². The highest BCUT2D eigenvalue weighted by molar-refractivity contribution is 5.79. The Bertz CT molecular complexity index is 397. The quantitative estimate of drug-likeness (QED) is 0.886. The van der Waals surface area contributed by atoms with E-state index >= 15 is 0 Å². The van der Waals surface area contributed by atoms with Gasteiger partial charge in [-0.25, -0.2) is 0 Å². The number of hydrogen-bond acceptors (Lipinski definition) is 2. The van der Waals surface area contributed by atoms with Crippen molar-refractivity contribution in [1.82, 2.24) is 10.2 Å². The molecule has 1 N–H and O–H groups in total. The molecule has 1 heterocycles. The van der Waals surface area contributed by atoms with E-state index in [1.54, 1.807) is 0 Å². The molecule has 1 aromatic rings. The Morgan fingerprint density at radius 1 is 1.39 bits per heavy atom. The van der Waals surface area contributed by atoms with Crippen LogP contribution in [0.1, 0.15) is 12.0 Å². The second kappa shape index (κ2) is 5.91. The molecule has 0 bridgehead atoms. The van der Waals surface area contributed by atoms with E-state index in [1.807, 2.05) is 30.3 Å². The van der Waals surface area contributed by atoms with Gasteiger partial charge in [0, 0.05) is 25.7 Å². The zero-order valence-corrected chi connectivity index (χ0v) is 9.98. The van der Waals surface area contributed by atoms with Crippen LogP contribution in [0.5, 0.6) is 0 Å². The molecule has 1 aliphatic rings. The van der Waals surface area contributed by atoms with Crippen molar-refractivity contribution in [2.24, 2.45) is 0 Å². The molecule has 0 aromatic heterocycles. The van der Waals surface area contributed by atoms with Crippen LogP contribution in [0.25, 0.3) is 0 Å². The van der Waals surface area contributed by atoms with Crippen LogP contribution in [0.4, 0.5) is 8.78 Å². The molecule has 2 rings (SSSR count). The van der Waals surface area contributed by atoms with Crippen LogP contribution in [-0.4, -0.2) is 36.4 Å². The van der Waals surface area contributed by atoms with Crippen molar-refractivity contribution in [3.8, 4) is 0 Å². The van der Waals surface area contributed by atoms with E-state index in [1.165, 1.54) is 5.56 Å². The summed E-state index contributed by atoms with van der Waals surface area (Å²) in [6.45, 7) is 2.25. The van der Waals surface area contributed by atoms with E-state index in [-0.39, 0.29) is 6.04 Å². The first-order chi connectivity index (χ1) is 8.65. The molecule has 1 aromatic carbocycles. The Kier molecular flexibility index (Phi) is 4.25. The largest absolute Gasteiger partial charge is 0.347 e. The smallest absolute Gasteiger partial charge is 0.315 e. The van der Waals surface area contributed by atoms with E-state index in [9.17, 15) is 13.6 Å². The first-order valence-corrected chi connectivity index (χ1v) is 6.00. The van der Waals surface area contributed by atoms with Crippen molar-refractivity contribution in [2.75, 3.05) is 13.1 Å². The molecule has 0 radical (unpaired) electrons. The van der Waals surface area contributed by atoms with Gasteiger partial charge in [-0.1, -0.05) is 30.3 Å². The standard InChI is InChI=1S/C13H16F2N2O/c14-12(15)13(18)16-11-6-7-17(9-11)8-10-4-2-1-3-5-10/h1-5,11-12H,6-9H2,(H,16,18). The molecule has 18 heavy (non-hydrogen) atoms. The zero-order chi connectivity index (χ0) is 13.0. The highest BCUT2D eigenvalue weighted by atomic mass is 19.3. The second-order valence-corrected chi connectivity index (χ2v) is 4.52. The maximum atomic E-state index is 12.1. The minimum absolute atomic E-state index is 0.157. The molecule has 1 aliphatic heterocycles. The number of hydrogen-bond donors (Lipinski definition) is 1. The van der Waals surface area contributed by atoms with Gasteiger partial charge in [-0.2, -0.15) is 8.78 Å². The van der Waals surface area contributed by atoms with E-state index in [0.717, 1.165) is 19.5 Å². The minimum atomic E-state index is -2.92. The fraction of sp³-hybridized carbons (Fsp3) is 0.462. The SMILES string of the molecule is O=C(NC1CCN(Cc2ccccc2)C1)C(F)F. The maximum absolute atomic E-state index is 12.1. The Balaban J connectivity index is 1.80. The second-order valence-electron chi connectivity index (χ2n) is 4.52. The molecule has 0 spiro atoms. The number of carbonyl (C=O) groups is 1. The summed E-state index contributed by atoms with van der Waals surface area (Å²) in [5, 5.41) is 2.36. The van der Waals surface area contributed by atoms with E-state index in [2.05, 4.69) is 10.2 Å². The first-order valence-electron chi connectivity index (χ1n) is 6.00. The van der Waals surface area contributed by atoms with Crippen LogP contribution in [0.15, 0.2) is 30.3 Å². The number of nitrogens with one attached hydrogen (secondary N) is 1. The summed E-state index contributed by atoms with van der Waals surface area (Å²) in [5.41, 5.74) is 1.19. The van der Waals surface area contributed by atoms with Crippen LogP contribution >= 0.6 is 0 Å². The molecule has 3 nitrogen and oxygen atoms in total. The number of alkyl halides is 2. The predicted octanol–water partition coefficient (Wildman–Crippen LogP) is 1.64. The number of likely N-dealkylation sites (tertiary alicyclic amines) is 1. The highest BCUT2D eigenvalue weighted by Gasteiger charge is 2.26. The van der Waals surface area contributed by atoms with E-state index in [4.69, 9.17) is 0 Å². The lowest BCUT2D eigenvalue weighted by Gasteiger charge is -2.16. The lowest BCUT2D eigenvalue weighted by atomic mass is 10.2. The zero-order valence-electron chi connectivity index (χ0n) is 9.98. The number of carbonyl (C=O) groups excluding carboxylic acids is 1. The van der Waals surface area contributed by atoms with Crippen LogP contribution < -0.4 is 5.32 Å². The number of amides is 1. The Morgan fingerprint density at radius 3 is 2.78 bits per heavy atom. The molecule has 1 amide bonds. The van der Waals surface area contributed by atoms with Crippen molar-refractivity contribution < 1.29 is 13.6 Å². The van der Waals surface area contributed by atoms with Gasteiger partial charge in [-0.15, -0.1) is 0 Å². The first kappa shape index (κ1) is 13.0. The Hall–Kier alpha value is -1.49. The van der Waals surface area contributed by atoms with Gasteiger partial charge < -0.3 is 5.32 Å². The summed E-state index contributed by atoms with van der Waals surface area (Å²) < 4.78 is 24.2. The minimum Gasteiger partial charge on any atom is -0.347 e. The van der Waals surface area contributed by atoms with Crippen LogP contribution in [-0.2, 0) is 11.3 Å². The number of rotatable bonds is 4. The van der Waals surface area contributed by atoms with Crippen molar-refractivity contribution in [2.45, 2.75) is 25.4 Å². The maximum Gasteiger partial charge on any atom is 0.315 e. The van der Waals surface area contributed by atoms with Crippen LogP contribution in [0.3, 0.4) is 0 Å². The molecule has 1 fully saturated rings. The Labute approximate surface area is 105 Å². The third kappa shape index (κ3) is 3.50. The highest BCUT2D eigenvalue weighted by Crippen LogP contribution is 2.13. The third-order valence-electron chi connectivity index (χ3n) is 3.07. The van der Waals surface area contributed by atoms with Gasteiger partial charge >= 0.3 is 6.43 Å². The van der Waals surface area contributed by atoms with Crippen LogP contribution in [0, 0.1) is 0 Å². The van der Waals surface area contributed by atoms with Crippen LogP contribution in [0.2, 0.25) is 0 Å². The average molecular weight is 254 g/mol. The number of benzene rings is 1. The molecule has 5 heteroatoms. The molecule has 0 aliphatic carbocycles. The monoisotopic (exact) mass is 254 g/mol. The van der Waals surface area contributed by atoms with Crippen molar-refractivity contribution >= 4 is 5.91 Å². The van der Waals surface area contributed by atoms with Crippen molar-refractivity contribution in [3.05, 3.63) is 35.9 Å². The van der Waals surface area contributed by atoms with Gasteiger partial charge in [0.05, 0.1) is 0 Å². The van der Waals surface area contributed by atoms with Gasteiger partial charge in [0.15, 0.2) is 0 Å². The molecule has 1 atom stereocenters. The average Bonchev–Trinajstić information content (AvgIpc) is 2.77. The lowest BCUT2D eigenvalue weighted by molar-refractivity contribution is -0.132. The van der Waals surface area contributed by atoms with Gasteiger partial charge in [-0.05, 0) is 12.0 Å². The van der Waals surface area contributed by atoms with E-state index in [0.29, 0.717) is 6.54 Å². The fourth-order valence-corrected chi connectivity index (χ4v) is 2.20. The summed E-state index contributed by atoms with van der Waals surface area (Å²) in [6, 6.07) is 9.81. The normalized spacial score (nSPS) is 20.3. The third-order valence-corrected chi connectivity index (χ3v) is 3.07. The Morgan fingerprint density at radius 2 is 2.11 bits per heavy atom. The fourth-order valence-electron chi connectivity index (χ4n) is 2.20. The molecular weight excluding hydrogens is 238 g/mol. The summed E-state index contributed by atoms with van der Waals surface area (Å²) in [7, 11) is 0. The molecule has 0 saturated carbocycles. The predicted molar refractivity (Wildman–Crippen MR) is 64.3 cm³/mol. The van der Waals surface area contributed by atoms with Crippen molar-refractivity contribution in [1.29, 1.82) is 0 Å². The molecule has 98 valence electrons. The molecule has 1 unspecified atom stereocenters. The van der Waals surface area contributed by atoms with Gasteiger partial charge in [0.25, 0.3) is 5.91 Å². The molecule has 1 saturated heterocycles. The van der Waals surface area contributed by atoms with Gasteiger partial charge in [0.1, 0.15) is 0 Å². The van der Waals surface area contributed by atoms with Gasteiger partial charge in [-0.3, -0.25) is 9.69 Å². The summed E-state index contributed by atoms with van der Waals surface area (Å²) >= 11 is 0. The summed E-state index contributed by atoms with van der Waals surface area (Å²) in [6.07, 6.45) is -2.20. The van der Waals surface area contributed by atoms with Gasteiger partial charge in [0.2, 0.25) is 0 Å².